The molecule has 0 N–H and O–H groups in total. The highest BCUT2D eigenvalue weighted by Crippen LogP contribution is 1.98. The van der Waals surface area contributed by atoms with Gasteiger partial charge >= 0.3 is 0 Å². The van der Waals surface area contributed by atoms with Gasteiger partial charge in [0.05, 0.1) is 0 Å². The molecule has 0 aliphatic rings. The van der Waals surface area contributed by atoms with Crippen LogP contribution >= 0.6 is 0 Å². The lowest BCUT2D eigenvalue weighted by Gasteiger charge is -1.96. The molecule has 0 saturated heterocycles. The molecule has 1 nitrogen and oxygen atoms in total. The van der Waals surface area contributed by atoms with Crippen molar-refractivity contribution in [2.45, 2.75) is 24.4 Å². The van der Waals surface area contributed by atoms with Gasteiger partial charge in [-0.25, -0.2) is 0 Å². The summed E-state index contributed by atoms with van der Waals surface area (Å²) in [6.07, 6.45) is 1.05. The van der Waals surface area contributed by atoms with Gasteiger partial charge in [0.15, 0.2) is 0 Å². The second kappa shape index (κ2) is 5.34. The van der Waals surface area contributed by atoms with Crippen molar-refractivity contribution < 1.29 is 4.79 Å². The Morgan fingerprint density at radius 2 is 2.25 bits per heavy atom. The van der Waals surface area contributed by atoms with E-state index in [4.69, 9.17) is 0 Å². The second-order valence-corrected chi connectivity index (χ2v) is 4.35. The average Bonchev–Trinajstić information content (AvgIpc) is 1.66. The zero-order valence-corrected chi connectivity index (χ0v) is 7.10. The Balaban J connectivity index is 2.81. The van der Waals surface area contributed by atoms with Crippen LogP contribution in [0.1, 0.15) is 13.8 Å². The van der Waals surface area contributed by atoms with E-state index in [0.717, 1.165) is 17.5 Å². The molecule has 0 saturated carbocycles. The molecule has 0 bridgehead atoms. The topological polar surface area (TPSA) is 17.1 Å². The first-order valence-electron chi connectivity index (χ1n) is 3.21. The Morgan fingerprint density at radius 1 is 1.62 bits per heavy atom. The van der Waals surface area contributed by atoms with Crippen molar-refractivity contribution in [1.29, 1.82) is 0 Å². The molecule has 0 spiro atoms. The Labute approximate surface area is 57.2 Å². The van der Waals surface area contributed by atoms with Crippen LogP contribution in [0.5, 0.6) is 0 Å². The van der Waals surface area contributed by atoms with Crippen molar-refractivity contribution in [1.82, 2.24) is 0 Å². The third-order valence-corrected chi connectivity index (χ3v) is 3.31. The van der Waals surface area contributed by atoms with Gasteiger partial charge in [0.25, 0.3) is 0 Å². The Bertz CT molecular complexity index is 61.5. The van der Waals surface area contributed by atoms with Gasteiger partial charge in [0, 0.05) is 0 Å². The fourth-order valence-corrected chi connectivity index (χ4v) is 1.83. The van der Waals surface area contributed by atoms with Gasteiger partial charge < -0.3 is 4.79 Å². The maximum absolute atomic E-state index is 9.82. The van der Waals surface area contributed by atoms with Crippen molar-refractivity contribution in [3.63, 3.8) is 0 Å². The molecule has 0 aliphatic carbocycles. The number of carbonyl (C=O) groups is 1. The summed E-state index contributed by atoms with van der Waals surface area (Å²) in [5, 5.41) is 2.19. The molecule has 0 aliphatic heterocycles. The van der Waals surface area contributed by atoms with E-state index >= 15 is 0 Å². The van der Waals surface area contributed by atoms with Crippen LogP contribution in [0, 0.1) is 5.92 Å². The van der Waals surface area contributed by atoms with Gasteiger partial charge in [-0.3, -0.25) is 0 Å². The zero-order valence-electron chi connectivity index (χ0n) is 5.68. The Kier molecular flexibility index (Phi) is 5.48. The summed E-state index contributed by atoms with van der Waals surface area (Å²) >= 11 is -0.00424. The highest BCUT2D eigenvalue weighted by molar-refractivity contribution is 6.39. The predicted octanol–water partition coefficient (Wildman–Crippen LogP) is 1.11. The van der Waals surface area contributed by atoms with Gasteiger partial charge in [-0.15, -0.1) is 0 Å². The van der Waals surface area contributed by atoms with Gasteiger partial charge in [0.1, 0.15) is 6.29 Å². The van der Waals surface area contributed by atoms with E-state index in [9.17, 15) is 4.79 Å². The molecular formula is C6H13AlO. The number of hydrogen-bond acceptors (Lipinski definition) is 1. The number of aldehydes is 1. The van der Waals surface area contributed by atoms with E-state index < -0.39 is 0 Å². The summed E-state index contributed by atoms with van der Waals surface area (Å²) in [5.41, 5.74) is 0. The van der Waals surface area contributed by atoms with Crippen molar-refractivity contribution in [3.05, 3.63) is 0 Å². The standard InChI is InChI=1S/C4H9.C2H3O.Al.H/c1-4(2)3;1-2-3;;/h4H,1H2,2-3H3;2H,1H2;;. The van der Waals surface area contributed by atoms with Crippen LogP contribution in [0.15, 0.2) is 0 Å². The van der Waals surface area contributed by atoms with Gasteiger partial charge in [-0.1, -0.05) is 25.0 Å². The minimum Gasteiger partial charge on any atom is -0.305 e. The van der Waals surface area contributed by atoms with Crippen molar-refractivity contribution in [3.8, 4) is 0 Å². The maximum Gasteiger partial charge on any atom is 0.247 e. The molecule has 0 heterocycles. The predicted molar refractivity (Wildman–Crippen MR) is 37.7 cm³/mol. The van der Waals surface area contributed by atoms with E-state index in [1.807, 2.05) is 0 Å². The first kappa shape index (κ1) is 8.20. The normalized spacial score (nSPS) is 9.38. The second-order valence-electron chi connectivity index (χ2n) is 2.49. The molecule has 0 rings (SSSR count). The third kappa shape index (κ3) is 6.20. The summed E-state index contributed by atoms with van der Waals surface area (Å²) in [6.45, 7) is 4.41. The molecule has 0 aromatic carbocycles. The molecule has 0 aromatic heterocycles. The minimum atomic E-state index is -0.00424. The summed E-state index contributed by atoms with van der Waals surface area (Å²) in [6, 6.07) is 0. The molecule has 0 aromatic rings. The SMILES string of the molecule is CC(C)[CH2][AlH][CH2]C=O. The van der Waals surface area contributed by atoms with Crippen molar-refractivity contribution in [2.24, 2.45) is 5.92 Å². The summed E-state index contributed by atoms with van der Waals surface area (Å²) in [5.74, 6) is 0.807. The Morgan fingerprint density at radius 3 is 2.62 bits per heavy atom. The highest BCUT2D eigenvalue weighted by atomic mass is 27.1. The van der Waals surface area contributed by atoms with Crippen LogP contribution in [0.2, 0.25) is 10.6 Å². The molecule has 0 radical (unpaired) electrons. The number of carbonyl (C=O) groups excluding carboxylic acids is 1. The average molecular weight is 128 g/mol. The summed E-state index contributed by atoms with van der Waals surface area (Å²) < 4.78 is 0. The fourth-order valence-electron chi connectivity index (χ4n) is 0.609. The van der Waals surface area contributed by atoms with E-state index in [-0.39, 0.29) is 15.2 Å². The molecule has 0 fully saturated rings. The van der Waals surface area contributed by atoms with Crippen LogP contribution in [0.3, 0.4) is 0 Å². The highest BCUT2D eigenvalue weighted by Gasteiger charge is 1.95. The molecular weight excluding hydrogens is 115 g/mol. The van der Waals surface area contributed by atoms with Gasteiger partial charge in [-0.2, -0.15) is 0 Å². The van der Waals surface area contributed by atoms with Crippen LogP contribution in [-0.2, 0) is 4.79 Å². The van der Waals surface area contributed by atoms with E-state index in [1.165, 1.54) is 5.28 Å². The molecule has 2 heteroatoms. The number of hydrogen-bond donors (Lipinski definition) is 0. The lowest BCUT2D eigenvalue weighted by molar-refractivity contribution is -0.106. The van der Waals surface area contributed by atoms with E-state index in [2.05, 4.69) is 13.8 Å². The van der Waals surface area contributed by atoms with Crippen LogP contribution in [0.4, 0.5) is 0 Å². The van der Waals surface area contributed by atoms with E-state index in [1.54, 1.807) is 0 Å². The molecule has 0 unspecified atom stereocenters. The van der Waals surface area contributed by atoms with Gasteiger partial charge in [0.2, 0.25) is 15.2 Å². The lowest BCUT2D eigenvalue weighted by atomic mass is 10.3. The zero-order chi connectivity index (χ0) is 6.41. The summed E-state index contributed by atoms with van der Waals surface area (Å²) in [4.78, 5) is 9.82. The molecule has 0 atom stereocenters. The smallest absolute Gasteiger partial charge is 0.247 e. The lowest BCUT2D eigenvalue weighted by Crippen LogP contribution is -1.94. The number of rotatable bonds is 4. The van der Waals surface area contributed by atoms with Crippen LogP contribution in [0.25, 0.3) is 0 Å². The van der Waals surface area contributed by atoms with Gasteiger partial charge in [-0.05, 0) is 5.28 Å². The minimum absolute atomic E-state index is 0.00424. The largest absolute Gasteiger partial charge is 0.305 e. The Hall–Kier alpha value is 0.202. The summed E-state index contributed by atoms with van der Waals surface area (Å²) in [7, 11) is 0. The molecule has 46 valence electrons. The van der Waals surface area contributed by atoms with Crippen molar-refractivity contribution in [2.75, 3.05) is 0 Å². The third-order valence-electron chi connectivity index (χ3n) is 1.10. The molecule has 0 amide bonds. The first-order valence-corrected chi connectivity index (χ1v) is 5.21. The molecule has 8 heavy (non-hydrogen) atoms. The van der Waals surface area contributed by atoms with Crippen LogP contribution in [-0.4, -0.2) is 21.5 Å². The van der Waals surface area contributed by atoms with E-state index in [0.29, 0.717) is 0 Å². The maximum atomic E-state index is 9.82. The fraction of sp³-hybridized carbons (Fsp3) is 0.833. The van der Waals surface area contributed by atoms with Crippen molar-refractivity contribution >= 4 is 21.5 Å². The van der Waals surface area contributed by atoms with Crippen LogP contribution < -0.4 is 0 Å². The first-order chi connectivity index (χ1) is 3.77. The quantitative estimate of drug-likeness (QED) is 0.315. The monoisotopic (exact) mass is 128 g/mol.